The second kappa shape index (κ2) is 5.45. The Morgan fingerprint density at radius 1 is 1.61 bits per heavy atom. The van der Waals surface area contributed by atoms with Gasteiger partial charge in [0, 0.05) is 0 Å². The smallest absolute Gasteiger partial charge is 0.256 e. The first-order chi connectivity index (χ1) is 8.56. The van der Waals surface area contributed by atoms with Crippen molar-refractivity contribution >= 4 is 21.8 Å². The Morgan fingerprint density at radius 2 is 2.28 bits per heavy atom. The van der Waals surface area contributed by atoms with Crippen molar-refractivity contribution < 1.29 is 14.3 Å². The molecule has 0 aliphatic heterocycles. The van der Waals surface area contributed by atoms with Crippen molar-refractivity contribution in [2.45, 2.75) is 38.1 Å². The molecular formula is C13H18BrNO3. The summed E-state index contributed by atoms with van der Waals surface area (Å²) in [5, 5.41) is 12.6. The normalized spacial score (nSPS) is 28.1. The zero-order valence-corrected chi connectivity index (χ0v) is 12.0. The number of aliphatic hydroxyl groups excluding tert-OH is 1. The molecule has 1 aromatic rings. The summed E-state index contributed by atoms with van der Waals surface area (Å²) in [6.45, 7) is 2.19. The lowest BCUT2D eigenvalue weighted by molar-refractivity contribution is 0.0715. The van der Waals surface area contributed by atoms with E-state index in [0.29, 0.717) is 16.2 Å². The average molecular weight is 316 g/mol. The van der Waals surface area contributed by atoms with Crippen molar-refractivity contribution in [1.29, 1.82) is 0 Å². The van der Waals surface area contributed by atoms with Crippen LogP contribution in [0.25, 0.3) is 0 Å². The summed E-state index contributed by atoms with van der Waals surface area (Å²) in [7, 11) is 0. The number of carbonyl (C=O) groups is 1. The van der Waals surface area contributed by atoms with Gasteiger partial charge in [0.05, 0.1) is 24.0 Å². The van der Waals surface area contributed by atoms with Gasteiger partial charge in [-0.3, -0.25) is 4.79 Å². The highest BCUT2D eigenvalue weighted by molar-refractivity contribution is 9.10. The fraction of sp³-hybridized carbons (Fsp3) is 0.615. The highest BCUT2D eigenvalue weighted by Gasteiger charge is 2.35. The maximum atomic E-state index is 12.1. The third-order valence-corrected chi connectivity index (χ3v) is 4.39. The topological polar surface area (TPSA) is 62.5 Å². The number of carbonyl (C=O) groups excluding carboxylic acids is 1. The van der Waals surface area contributed by atoms with Gasteiger partial charge in [-0.15, -0.1) is 0 Å². The van der Waals surface area contributed by atoms with Crippen LogP contribution in [0.4, 0.5) is 0 Å². The van der Waals surface area contributed by atoms with Crippen LogP contribution in [-0.2, 0) is 0 Å². The zero-order chi connectivity index (χ0) is 13.2. The van der Waals surface area contributed by atoms with Gasteiger partial charge in [0.2, 0.25) is 0 Å². The zero-order valence-electron chi connectivity index (χ0n) is 10.4. The Morgan fingerprint density at radius 3 is 2.78 bits per heavy atom. The molecule has 0 bridgehead atoms. The lowest BCUT2D eigenvalue weighted by Gasteiger charge is -2.38. The Hall–Kier alpha value is -0.810. The maximum Gasteiger partial charge on any atom is 0.256 e. The molecule has 0 spiro atoms. The van der Waals surface area contributed by atoms with Gasteiger partial charge >= 0.3 is 0 Å². The van der Waals surface area contributed by atoms with Crippen molar-refractivity contribution in [2.75, 3.05) is 6.61 Å². The van der Waals surface area contributed by atoms with Crippen molar-refractivity contribution in [3.63, 3.8) is 0 Å². The molecule has 5 heteroatoms. The van der Waals surface area contributed by atoms with E-state index in [0.717, 1.165) is 25.7 Å². The molecule has 1 saturated carbocycles. The summed E-state index contributed by atoms with van der Waals surface area (Å²) in [5.74, 6) is 0.474. The van der Waals surface area contributed by atoms with E-state index < -0.39 is 5.54 Å². The van der Waals surface area contributed by atoms with Crippen LogP contribution in [0.3, 0.4) is 0 Å². The summed E-state index contributed by atoms with van der Waals surface area (Å²) in [4.78, 5) is 12.1. The molecule has 2 rings (SSSR count). The summed E-state index contributed by atoms with van der Waals surface area (Å²) in [5.41, 5.74) is 0.00164. The van der Waals surface area contributed by atoms with Gasteiger partial charge < -0.3 is 14.8 Å². The Kier molecular flexibility index (Phi) is 4.12. The largest absolute Gasteiger partial charge is 0.457 e. The van der Waals surface area contributed by atoms with Crippen molar-refractivity contribution in [3.05, 3.63) is 22.6 Å². The van der Waals surface area contributed by atoms with Crippen LogP contribution in [0, 0.1) is 5.92 Å². The minimum absolute atomic E-state index is 0.0130. The number of amides is 1. The predicted molar refractivity (Wildman–Crippen MR) is 71.3 cm³/mol. The van der Waals surface area contributed by atoms with Gasteiger partial charge in [0.25, 0.3) is 5.91 Å². The lowest BCUT2D eigenvalue weighted by Crippen LogP contribution is -2.53. The van der Waals surface area contributed by atoms with Crippen LogP contribution in [0.2, 0.25) is 0 Å². The molecule has 1 aliphatic carbocycles. The van der Waals surface area contributed by atoms with E-state index in [4.69, 9.17) is 4.42 Å². The van der Waals surface area contributed by atoms with Gasteiger partial charge in [0.15, 0.2) is 4.67 Å². The van der Waals surface area contributed by atoms with E-state index in [1.54, 1.807) is 6.07 Å². The van der Waals surface area contributed by atoms with Crippen LogP contribution < -0.4 is 5.32 Å². The monoisotopic (exact) mass is 315 g/mol. The molecule has 1 aliphatic rings. The molecule has 0 unspecified atom stereocenters. The fourth-order valence-corrected chi connectivity index (χ4v) is 2.82. The molecule has 0 aromatic carbocycles. The molecule has 2 N–H and O–H groups in total. The molecule has 4 nitrogen and oxygen atoms in total. The molecule has 0 saturated heterocycles. The first-order valence-corrected chi connectivity index (χ1v) is 7.02. The van der Waals surface area contributed by atoms with Gasteiger partial charge in [-0.05, 0) is 53.6 Å². The number of halogens is 1. The highest BCUT2D eigenvalue weighted by Crippen LogP contribution is 2.32. The van der Waals surface area contributed by atoms with E-state index in [-0.39, 0.29) is 12.5 Å². The molecule has 1 amide bonds. The molecular weight excluding hydrogens is 298 g/mol. The van der Waals surface area contributed by atoms with Crippen molar-refractivity contribution in [2.24, 2.45) is 5.92 Å². The Balaban J connectivity index is 2.07. The molecule has 0 atom stereocenters. The number of hydrogen-bond acceptors (Lipinski definition) is 3. The second-order valence-electron chi connectivity index (χ2n) is 5.18. The van der Waals surface area contributed by atoms with Gasteiger partial charge in [-0.2, -0.15) is 0 Å². The summed E-state index contributed by atoms with van der Waals surface area (Å²) in [6.07, 6.45) is 5.19. The number of nitrogens with one attached hydrogen (secondary N) is 1. The molecule has 100 valence electrons. The lowest BCUT2D eigenvalue weighted by atomic mass is 9.77. The van der Waals surface area contributed by atoms with Crippen LogP contribution in [-0.4, -0.2) is 23.2 Å². The number of furan rings is 1. The predicted octanol–water partition coefficient (Wildman–Crippen LogP) is 2.71. The van der Waals surface area contributed by atoms with E-state index in [2.05, 4.69) is 28.2 Å². The average Bonchev–Trinajstić information content (AvgIpc) is 2.79. The number of aliphatic hydroxyl groups is 1. The Bertz CT molecular complexity index is 422. The summed E-state index contributed by atoms with van der Waals surface area (Å²) >= 11 is 3.19. The second-order valence-corrected chi connectivity index (χ2v) is 5.90. The Labute approximate surface area is 115 Å². The van der Waals surface area contributed by atoms with Crippen molar-refractivity contribution in [3.8, 4) is 0 Å². The quantitative estimate of drug-likeness (QED) is 0.901. The van der Waals surface area contributed by atoms with E-state index in [9.17, 15) is 9.90 Å². The van der Waals surface area contributed by atoms with Crippen LogP contribution in [0.15, 0.2) is 21.4 Å². The van der Waals surface area contributed by atoms with Crippen molar-refractivity contribution in [1.82, 2.24) is 5.32 Å². The minimum Gasteiger partial charge on any atom is -0.457 e. The summed E-state index contributed by atoms with van der Waals surface area (Å²) < 4.78 is 5.48. The molecule has 0 radical (unpaired) electrons. The first kappa shape index (κ1) is 13.6. The maximum absolute atomic E-state index is 12.1. The SMILES string of the molecule is CC1CCC(CO)(NC(=O)c2ccoc2Br)CC1. The third-order valence-electron chi connectivity index (χ3n) is 3.78. The summed E-state index contributed by atoms with van der Waals surface area (Å²) in [6, 6.07) is 1.62. The first-order valence-electron chi connectivity index (χ1n) is 6.23. The van der Waals surface area contributed by atoms with E-state index >= 15 is 0 Å². The van der Waals surface area contributed by atoms with Gasteiger partial charge in [-0.25, -0.2) is 0 Å². The molecule has 1 fully saturated rings. The highest BCUT2D eigenvalue weighted by atomic mass is 79.9. The minimum atomic E-state index is -0.472. The van der Waals surface area contributed by atoms with Gasteiger partial charge in [0.1, 0.15) is 0 Å². The van der Waals surface area contributed by atoms with Crippen LogP contribution in [0.5, 0.6) is 0 Å². The van der Waals surface area contributed by atoms with E-state index in [1.807, 2.05) is 0 Å². The molecule has 1 heterocycles. The number of rotatable bonds is 3. The standard InChI is InChI=1S/C13H18BrNO3/c1-9-2-5-13(8-16,6-3-9)15-12(17)10-4-7-18-11(10)14/h4,7,9,16H,2-3,5-6,8H2,1H3,(H,15,17). The molecule has 1 aromatic heterocycles. The van der Waals surface area contributed by atoms with Gasteiger partial charge in [-0.1, -0.05) is 6.92 Å². The van der Waals surface area contributed by atoms with Crippen LogP contribution >= 0.6 is 15.9 Å². The van der Waals surface area contributed by atoms with E-state index in [1.165, 1.54) is 6.26 Å². The molecule has 18 heavy (non-hydrogen) atoms. The van der Waals surface area contributed by atoms with Crippen LogP contribution in [0.1, 0.15) is 43.0 Å². The number of hydrogen-bond donors (Lipinski definition) is 2. The fourth-order valence-electron chi connectivity index (χ4n) is 2.40. The third kappa shape index (κ3) is 2.78.